The molecule has 2 aromatic carbocycles. The average Bonchev–Trinajstić information content (AvgIpc) is 3.13. The zero-order valence-corrected chi connectivity index (χ0v) is 18.5. The lowest BCUT2D eigenvalue weighted by Gasteiger charge is -2.26. The van der Waals surface area contributed by atoms with Gasteiger partial charge in [-0.05, 0) is 43.2 Å². The van der Waals surface area contributed by atoms with Gasteiger partial charge in [-0.15, -0.1) is 11.8 Å². The molecule has 0 spiro atoms. The summed E-state index contributed by atoms with van der Waals surface area (Å²) in [5, 5.41) is 2.85. The fraction of sp³-hybridized carbons (Fsp3) is 0.417. The van der Waals surface area contributed by atoms with Crippen molar-refractivity contribution in [3.63, 3.8) is 0 Å². The number of nitrogens with one attached hydrogen (secondary N) is 1. The Balaban J connectivity index is 1.76. The van der Waals surface area contributed by atoms with E-state index in [-0.39, 0.29) is 17.2 Å². The topological polar surface area (TPSA) is 58.6 Å². The Morgan fingerprint density at radius 2 is 1.97 bits per heavy atom. The van der Waals surface area contributed by atoms with Gasteiger partial charge in [0.25, 0.3) is 0 Å². The number of thioether (sulfide) groups is 1. The normalized spacial score (nSPS) is 16.0. The van der Waals surface area contributed by atoms with Crippen molar-refractivity contribution in [3.8, 4) is 5.75 Å². The SMILES string of the molecule is CCCCCCC(=O)Nc1cccc([C@H]2SCC(=O)N2c2ccccc2OCC)c1. The van der Waals surface area contributed by atoms with Crippen LogP contribution in [0.1, 0.15) is 56.9 Å². The monoisotopic (exact) mass is 426 g/mol. The number of para-hydroxylation sites is 2. The summed E-state index contributed by atoms with van der Waals surface area (Å²) in [6.45, 7) is 4.63. The highest BCUT2D eigenvalue weighted by Gasteiger charge is 2.35. The maximum atomic E-state index is 12.7. The van der Waals surface area contributed by atoms with Crippen LogP contribution in [0, 0.1) is 0 Å². The highest BCUT2D eigenvalue weighted by molar-refractivity contribution is 8.00. The molecule has 0 radical (unpaired) electrons. The molecule has 30 heavy (non-hydrogen) atoms. The Labute approximate surface area is 183 Å². The van der Waals surface area contributed by atoms with E-state index in [9.17, 15) is 9.59 Å². The Kier molecular flexibility index (Phi) is 8.20. The first-order chi connectivity index (χ1) is 14.6. The predicted molar refractivity (Wildman–Crippen MR) is 124 cm³/mol. The molecule has 2 amide bonds. The highest BCUT2D eigenvalue weighted by Crippen LogP contribution is 2.45. The van der Waals surface area contributed by atoms with Gasteiger partial charge in [0.1, 0.15) is 11.1 Å². The van der Waals surface area contributed by atoms with Crippen LogP contribution in [0.4, 0.5) is 11.4 Å². The van der Waals surface area contributed by atoms with Crippen LogP contribution in [0.15, 0.2) is 48.5 Å². The molecule has 0 bridgehead atoms. The third-order valence-corrected chi connectivity index (χ3v) is 6.22. The van der Waals surface area contributed by atoms with Gasteiger partial charge in [-0.25, -0.2) is 0 Å². The molecule has 6 heteroatoms. The first kappa shape index (κ1) is 22.2. The van der Waals surface area contributed by atoms with Crippen LogP contribution >= 0.6 is 11.8 Å². The maximum Gasteiger partial charge on any atom is 0.238 e. The summed E-state index contributed by atoms with van der Waals surface area (Å²) in [4.78, 5) is 26.8. The molecule has 1 fully saturated rings. The molecule has 0 aliphatic carbocycles. The molecule has 5 nitrogen and oxygen atoms in total. The molecule has 0 unspecified atom stereocenters. The second-order valence-electron chi connectivity index (χ2n) is 7.31. The lowest BCUT2D eigenvalue weighted by atomic mass is 10.1. The molecule has 1 N–H and O–H groups in total. The number of hydrogen-bond acceptors (Lipinski definition) is 4. The minimum absolute atomic E-state index is 0.0388. The van der Waals surface area contributed by atoms with Crippen LogP contribution in [0.5, 0.6) is 5.75 Å². The summed E-state index contributed by atoms with van der Waals surface area (Å²) in [7, 11) is 0. The first-order valence-electron chi connectivity index (χ1n) is 10.7. The molecule has 1 saturated heterocycles. The molecule has 160 valence electrons. The van der Waals surface area contributed by atoms with Gasteiger partial charge in [0, 0.05) is 12.1 Å². The van der Waals surface area contributed by atoms with Gasteiger partial charge in [-0.1, -0.05) is 50.5 Å². The second-order valence-corrected chi connectivity index (χ2v) is 8.38. The highest BCUT2D eigenvalue weighted by atomic mass is 32.2. The fourth-order valence-corrected chi connectivity index (χ4v) is 4.73. The lowest BCUT2D eigenvalue weighted by Crippen LogP contribution is -2.28. The van der Waals surface area contributed by atoms with Crippen molar-refractivity contribution >= 4 is 35.0 Å². The molecule has 0 aromatic heterocycles. The van der Waals surface area contributed by atoms with Crippen molar-refractivity contribution in [3.05, 3.63) is 54.1 Å². The van der Waals surface area contributed by atoms with Gasteiger partial charge < -0.3 is 10.1 Å². The Hall–Kier alpha value is -2.47. The number of benzene rings is 2. The number of carbonyl (C=O) groups excluding carboxylic acids is 2. The van der Waals surface area contributed by atoms with Gasteiger partial charge >= 0.3 is 0 Å². The van der Waals surface area contributed by atoms with E-state index in [1.165, 1.54) is 0 Å². The minimum atomic E-state index is -0.152. The number of carbonyl (C=O) groups is 2. The van der Waals surface area contributed by atoms with Crippen molar-refractivity contribution in [2.45, 2.75) is 51.3 Å². The van der Waals surface area contributed by atoms with Crippen LogP contribution in [0.25, 0.3) is 0 Å². The average molecular weight is 427 g/mol. The molecule has 1 heterocycles. The standard InChI is InChI=1S/C24H30N2O3S/c1-3-5-6-7-15-22(27)25-19-12-10-11-18(16-19)24-26(23(28)17-30-24)20-13-8-9-14-21(20)29-4-2/h8-14,16,24H,3-7,15,17H2,1-2H3,(H,25,27)/t24-/m1/s1. The summed E-state index contributed by atoms with van der Waals surface area (Å²) in [6.07, 6.45) is 4.85. The Morgan fingerprint density at radius 3 is 2.77 bits per heavy atom. The van der Waals surface area contributed by atoms with E-state index in [4.69, 9.17) is 4.74 Å². The maximum absolute atomic E-state index is 12.7. The fourth-order valence-electron chi connectivity index (χ4n) is 3.57. The summed E-state index contributed by atoms with van der Waals surface area (Å²) in [5.74, 6) is 1.22. The van der Waals surface area contributed by atoms with Crippen LogP contribution < -0.4 is 15.0 Å². The van der Waals surface area contributed by atoms with Crippen LogP contribution in [-0.4, -0.2) is 24.2 Å². The van der Waals surface area contributed by atoms with Gasteiger partial charge in [0.2, 0.25) is 11.8 Å². The molecular formula is C24H30N2O3S. The van der Waals surface area contributed by atoms with Gasteiger partial charge in [0.15, 0.2) is 0 Å². The molecule has 1 atom stereocenters. The van der Waals surface area contributed by atoms with Crippen molar-refractivity contribution in [2.75, 3.05) is 22.6 Å². The van der Waals surface area contributed by atoms with Gasteiger partial charge in [-0.2, -0.15) is 0 Å². The Bertz CT molecular complexity index is 871. The number of nitrogens with zero attached hydrogens (tertiary/aromatic N) is 1. The third-order valence-electron chi connectivity index (χ3n) is 5.01. The van der Waals surface area contributed by atoms with Crippen LogP contribution in [0.2, 0.25) is 0 Å². The first-order valence-corrected chi connectivity index (χ1v) is 11.7. The van der Waals surface area contributed by atoms with E-state index >= 15 is 0 Å². The Morgan fingerprint density at radius 1 is 1.13 bits per heavy atom. The number of amides is 2. The van der Waals surface area contributed by atoms with E-state index in [0.29, 0.717) is 24.5 Å². The van der Waals surface area contributed by atoms with Crippen molar-refractivity contribution in [1.29, 1.82) is 0 Å². The zero-order valence-electron chi connectivity index (χ0n) is 17.7. The summed E-state index contributed by atoms with van der Waals surface area (Å²) in [5.41, 5.74) is 2.54. The molecule has 3 rings (SSSR count). The number of unbranched alkanes of at least 4 members (excludes halogenated alkanes) is 3. The quantitative estimate of drug-likeness (QED) is 0.490. The van der Waals surface area contributed by atoms with Crippen molar-refractivity contribution in [1.82, 2.24) is 0 Å². The van der Waals surface area contributed by atoms with E-state index in [2.05, 4.69) is 12.2 Å². The molecule has 0 saturated carbocycles. The third kappa shape index (κ3) is 5.57. The van der Waals surface area contributed by atoms with Crippen molar-refractivity contribution < 1.29 is 14.3 Å². The van der Waals surface area contributed by atoms with Gasteiger partial charge in [-0.3, -0.25) is 14.5 Å². The molecule has 1 aliphatic heterocycles. The molecule has 2 aromatic rings. The summed E-state index contributed by atoms with van der Waals surface area (Å²) < 4.78 is 5.75. The number of anilines is 2. The van der Waals surface area contributed by atoms with E-state index in [1.54, 1.807) is 16.7 Å². The van der Waals surface area contributed by atoms with Gasteiger partial charge in [0.05, 0.1) is 18.0 Å². The van der Waals surface area contributed by atoms with Crippen LogP contribution in [-0.2, 0) is 9.59 Å². The minimum Gasteiger partial charge on any atom is -0.492 e. The number of ether oxygens (including phenoxy) is 1. The molecule has 1 aliphatic rings. The van der Waals surface area contributed by atoms with E-state index in [0.717, 1.165) is 42.6 Å². The molecular weight excluding hydrogens is 396 g/mol. The van der Waals surface area contributed by atoms with E-state index in [1.807, 2.05) is 55.5 Å². The summed E-state index contributed by atoms with van der Waals surface area (Å²) >= 11 is 1.59. The zero-order chi connectivity index (χ0) is 21.3. The number of rotatable bonds is 10. The largest absolute Gasteiger partial charge is 0.492 e. The summed E-state index contributed by atoms with van der Waals surface area (Å²) in [6, 6.07) is 15.4. The van der Waals surface area contributed by atoms with Crippen molar-refractivity contribution in [2.24, 2.45) is 0 Å². The lowest BCUT2D eigenvalue weighted by molar-refractivity contribution is -0.117. The van der Waals surface area contributed by atoms with E-state index < -0.39 is 0 Å². The smallest absolute Gasteiger partial charge is 0.238 e. The predicted octanol–water partition coefficient (Wildman–Crippen LogP) is 5.77. The number of hydrogen-bond donors (Lipinski definition) is 1. The van der Waals surface area contributed by atoms with Crippen LogP contribution in [0.3, 0.4) is 0 Å². The second kappa shape index (κ2) is 11.1.